The van der Waals surface area contributed by atoms with Gasteiger partial charge in [-0.3, -0.25) is 4.79 Å². The molecule has 5 nitrogen and oxygen atoms in total. The highest BCUT2D eigenvalue weighted by Crippen LogP contribution is 2.30. The summed E-state index contributed by atoms with van der Waals surface area (Å²) in [7, 11) is 0. The molecule has 1 saturated carbocycles. The molecule has 5 heteroatoms. The second kappa shape index (κ2) is 6.77. The van der Waals surface area contributed by atoms with Crippen molar-refractivity contribution in [2.24, 2.45) is 5.92 Å². The first kappa shape index (κ1) is 15.5. The third-order valence-electron chi connectivity index (χ3n) is 4.12. The van der Waals surface area contributed by atoms with Crippen molar-refractivity contribution >= 4 is 23.2 Å². The number of aryl methyl sites for hydroxylation is 2. The predicted molar refractivity (Wildman–Crippen MR) is 91.9 cm³/mol. The van der Waals surface area contributed by atoms with Gasteiger partial charge in [0.2, 0.25) is 5.91 Å². The van der Waals surface area contributed by atoms with E-state index in [1.807, 2.05) is 6.07 Å². The van der Waals surface area contributed by atoms with E-state index in [2.05, 4.69) is 52.9 Å². The molecule has 120 valence electrons. The van der Waals surface area contributed by atoms with E-state index in [-0.39, 0.29) is 11.8 Å². The molecule has 1 aromatic heterocycles. The summed E-state index contributed by atoms with van der Waals surface area (Å²) in [5.41, 5.74) is 3.64. The van der Waals surface area contributed by atoms with E-state index in [1.165, 1.54) is 11.1 Å². The van der Waals surface area contributed by atoms with Gasteiger partial charge in [0, 0.05) is 11.6 Å². The molecule has 1 heterocycles. The van der Waals surface area contributed by atoms with Gasteiger partial charge in [-0.25, -0.2) is 0 Å². The number of carbonyl (C=O) groups excluding carboxylic acids is 1. The maximum atomic E-state index is 11.7. The van der Waals surface area contributed by atoms with Gasteiger partial charge in [-0.15, -0.1) is 10.2 Å². The molecule has 0 aliphatic heterocycles. The van der Waals surface area contributed by atoms with Gasteiger partial charge in [-0.1, -0.05) is 32.0 Å². The van der Waals surface area contributed by atoms with E-state index < -0.39 is 0 Å². The van der Waals surface area contributed by atoms with E-state index in [0.29, 0.717) is 11.6 Å². The van der Waals surface area contributed by atoms with Crippen LogP contribution in [0.1, 0.15) is 37.8 Å². The van der Waals surface area contributed by atoms with E-state index in [1.54, 1.807) is 6.07 Å². The molecule has 0 bridgehead atoms. The number of aromatic nitrogens is 2. The van der Waals surface area contributed by atoms with E-state index in [4.69, 9.17) is 0 Å². The second-order valence-electron chi connectivity index (χ2n) is 5.85. The summed E-state index contributed by atoms with van der Waals surface area (Å²) >= 11 is 0. The minimum Gasteiger partial charge on any atom is -0.338 e. The molecule has 1 fully saturated rings. The van der Waals surface area contributed by atoms with Crippen molar-refractivity contribution < 1.29 is 4.79 Å². The van der Waals surface area contributed by atoms with Crippen LogP contribution in [-0.4, -0.2) is 16.1 Å². The van der Waals surface area contributed by atoms with Crippen LogP contribution in [-0.2, 0) is 17.6 Å². The van der Waals surface area contributed by atoms with Gasteiger partial charge >= 0.3 is 0 Å². The summed E-state index contributed by atoms with van der Waals surface area (Å²) in [5, 5.41) is 14.4. The molecule has 0 unspecified atom stereocenters. The first-order valence-corrected chi connectivity index (χ1v) is 8.23. The zero-order valence-corrected chi connectivity index (χ0v) is 13.6. The lowest BCUT2D eigenvalue weighted by atomic mass is 10.0. The normalized spacial score (nSPS) is 13.7. The van der Waals surface area contributed by atoms with Gasteiger partial charge in [0.05, 0.1) is 0 Å². The Balaban J connectivity index is 1.74. The molecule has 0 spiro atoms. The van der Waals surface area contributed by atoms with Gasteiger partial charge in [0.1, 0.15) is 0 Å². The Morgan fingerprint density at radius 1 is 1.04 bits per heavy atom. The number of carbonyl (C=O) groups is 1. The predicted octanol–water partition coefficient (Wildman–Crippen LogP) is 3.69. The lowest BCUT2D eigenvalue weighted by molar-refractivity contribution is -0.117. The summed E-state index contributed by atoms with van der Waals surface area (Å²) in [6, 6.07) is 9.97. The Morgan fingerprint density at radius 2 is 1.65 bits per heavy atom. The number of hydrogen-bond donors (Lipinski definition) is 2. The fraction of sp³-hybridized carbons (Fsp3) is 0.389. The molecule has 23 heavy (non-hydrogen) atoms. The zero-order chi connectivity index (χ0) is 16.2. The first-order valence-electron chi connectivity index (χ1n) is 8.23. The van der Waals surface area contributed by atoms with Crippen LogP contribution in [0.5, 0.6) is 0 Å². The average molecular weight is 310 g/mol. The van der Waals surface area contributed by atoms with Crippen LogP contribution in [0.2, 0.25) is 0 Å². The number of benzene rings is 1. The monoisotopic (exact) mass is 310 g/mol. The highest BCUT2D eigenvalue weighted by Gasteiger charge is 2.29. The minimum atomic E-state index is 0.0459. The summed E-state index contributed by atoms with van der Waals surface area (Å²) in [4.78, 5) is 11.7. The van der Waals surface area contributed by atoms with Crippen molar-refractivity contribution in [1.29, 1.82) is 0 Å². The van der Waals surface area contributed by atoms with Crippen LogP contribution in [0, 0.1) is 5.92 Å². The molecule has 3 rings (SSSR count). The van der Waals surface area contributed by atoms with Crippen LogP contribution in [0.15, 0.2) is 30.3 Å². The highest BCUT2D eigenvalue weighted by molar-refractivity contribution is 5.93. The third kappa shape index (κ3) is 3.67. The number of anilines is 3. The van der Waals surface area contributed by atoms with Crippen LogP contribution in [0.4, 0.5) is 17.3 Å². The molecule has 1 aromatic carbocycles. The molecule has 0 radical (unpaired) electrons. The minimum absolute atomic E-state index is 0.0459. The number of hydrogen-bond acceptors (Lipinski definition) is 4. The lowest BCUT2D eigenvalue weighted by Crippen LogP contribution is -2.14. The number of para-hydroxylation sites is 1. The van der Waals surface area contributed by atoms with Crippen LogP contribution in [0.3, 0.4) is 0 Å². The van der Waals surface area contributed by atoms with Crippen molar-refractivity contribution in [2.45, 2.75) is 39.5 Å². The third-order valence-corrected chi connectivity index (χ3v) is 4.12. The highest BCUT2D eigenvalue weighted by atomic mass is 16.2. The van der Waals surface area contributed by atoms with Gasteiger partial charge in [-0.05, 0) is 48.9 Å². The molecule has 0 atom stereocenters. The van der Waals surface area contributed by atoms with Gasteiger partial charge in [0.25, 0.3) is 0 Å². The van der Waals surface area contributed by atoms with Gasteiger partial charge in [0.15, 0.2) is 11.6 Å². The average Bonchev–Trinajstić information content (AvgIpc) is 3.42. The fourth-order valence-corrected chi connectivity index (χ4v) is 2.57. The molecule has 1 amide bonds. The molecular weight excluding hydrogens is 288 g/mol. The largest absolute Gasteiger partial charge is 0.338 e. The topological polar surface area (TPSA) is 66.9 Å². The second-order valence-corrected chi connectivity index (χ2v) is 5.85. The Labute approximate surface area is 136 Å². The van der Waals surface area contributed by atoms with Crippen LogP contribution < -0.4 is 10.6 Å². The Kier molecular flexibility index (Phi) is 4.55. The number of amides is 1. The van der Waals surface area contributed by atoms with Crippen molar-refractivity contribution in [2.75, 3.05) is 10.6 Å². The smallest absolute Gasteiger partial charge is 0.228 e. The maximum absolute atomic E-state index is 11.7. The summed E-state index contributed by atoms with van der Waals surface area (Å²) in [6.07, 6.45) is 3.87. The molecule has 1 aliphatic carbocycles. The van der Waals surface area contributed by atoms with Crippen molar-refractivity contribution in [3.05, 3.63) is 41.5 Å². The fourth-order valence-electron chi connectivity index (χ4n) is 2.57. The molecular formula is C18H22N4O. The van der Waals surface area contributed by atoms with Crippen molar-refractivity contribution in [3.63, 3.8) is 0 Å². The number of rotatable bonds is 6. The standard InChI is InChI=1S/C18H22N4O/c1-3-12-6-5-7-13(4-2)17(12)19-15-10-11-16(22-21-15)20-18(23)14-8-9-14/h5-7,10-11,14H,3-4,8-9H2,1-2H3,(H,19,21)(H,20,22,23). The maximum Gasteiger partial charge on any atom is 0.228 e. The van der Waals surface area contributed by atoms with Gasteiger partial charge in [-0.2, -0.15) is 0 Å². The quantitative estimate of drug-likeness (QED) is 0.854. The molecule has 1 aliphatic rings. The van der Waals surface area contributed by atoms with Crippen molar-refractivity contribution in [1.82, 2.24) is 10.2 Å². The molecule has 2 N–H and O–H groups in total. The molecule has 0 saturated heterocycles. The summed E-state index contributed by atoms with van der Waals surface area (Å²) in [6.45, 7) is 4.28. The summed E-state index contributed by atoms with van der Waals surface area (Å²) in [5.74, 6) is 1.40. The number of nitrogens with zero attached hydrogens (tertiary/aromatic N) is 2. The zero-order valence-electron chi connectivity index (χ0n) is 13.6. The Bertz CT molecular complexity index is 670. The number of nitrogens with one attached hydrogen (secondary N) is 2. The van der Waals surface area contributed by atoms with Gasteiger partial charge < -0.3 is 10.6 Å². The van der Waals surface area contributed by atoms with E-state index in [9.17, 15) is 4.79 Å². The SMILES string of the molecule is CCc1cccc(CC)c1Nc1ccc(NC(=O)C2CC2)nn1. The Hall–Kier alpha value is -2.43. The first-order chi connectivity index (χ1) is 11.2. The van der Waals surface area contributed by atoms with Crippen LogP contribution in [0.25, 0.3) is 0 Å². The van der Waals surface area contributed by atoms with Crippen LogP contribution >= 0.6 is 0 Å². The Morgan fingerprint density at radius 3 is 2.17 bits per heavy atom. The summed E-state index contributed by atoms with van der Waals surface area (Å²) < 4.78 is 0. The molecule has 2 aromatic rings. The van der Waals surface area contributed by atoms with Crippen molar-refractivity contribution in [3.8, 4) is 0 Å². The lowest BCUT2D eigenvalue weighted by Gasteiger charge is -2.14. The van der Waals surface area contributed by atoms with E-state index in [0.717, 1.165) is 31.4 Å². The van der Waals surface area contributed by atoms with E-state index >= 15 is 0 Å².